The summed E-state index contributed by atoms with van der Waals surface area (Å²) in [6.07, 6.45) is 0.276. The SMILES string of the molecule is COc1noc(C)c1CC#N. The number of ether oxygens (including phenoxy) is 1. The monoisotopic (exact) mass is 152 g/mol. The summed E-state index contributed by atoms with van der Waals surface area (Å²) in [6.45, 7) is 1.75. The fourth-order valence-electron chi connectivity index (χ4n) is 0.810. The summed E-state index contributed by atoms with van der Waals surface area (Å²) in [5.41, 5.74) is 0.731. The Balaban J connectivity index is 2.99. The fourth-order valence-corrected chi connectivity index (χ4v) is 0.810. The molecule has 0 amide bonds. The average molecular weight is 152 g/mol. The molecule has 11 heavy (non-hydrogen) atoms. The Kier molecular flexibility index (Phi) is 2.12. The molecule has 1 aromatic heterocycles. The van der Waals surface area contributed by atoms with E-state index in [1.54, 1.807) is 6.92 Å². The molecule has 0 aliphatic heterocycles. The summed E-state index contributed by atoms with van der Waals surface area (Å²) in [5.74, 6) is 1.05. The van der Waals surface area contributed by atoms with Gasteiger partial charge in [-0.2, -0.15) is 5.26 Å². The van der Waals surface area contributed by atoms with Gasteiger partial charge in [0.15, 0.2) is 0 Å². The van der Waals surface area contributed by atoms with Gasteiger partial charge in [0.05, 0.1) is 25.2 Å². The first kappa shape index (κ1) is 7.61. The molecule has 58 valence electrons. The van der Waals surface area contributed by atoms with Crippen molar-refractivity contribution < 1.29 is 9.26 Å². The lowest BCUT2D eigenvalue weighted by Crippen LogP contribution is -1.88. The van der Waals surface area contributed by atoms with Crippen molar-refractivity contribution in [2.24, 2.45) is 0 Å². The van der Waals surface area contributed by atoms with Crippen LogP contribution >= 0.6 is 0 Å². The van der Waals surface area contributed by atoms with Gasteiger partial charge >= 0.3 is 0 Å². The maximum atomic E-state index is 8.41. The highest BCUT2D eigenvalue weighted by atomic mass is 16.5. The maximum Gasteiger partial charge on any atom is 0.258 e. The van der Waals surface area contributed by atoms with Crippen molar-refractivity contribution in [3.63, 3.8) is 0 Å². The van der Waals surface area contributed by atoms with Gasteiger partial charge in [0.1, 0.15) is 5.76 Å². The highest BCUT2D eigenvalue weighted by Gasteiger charge is 2.11. The summed E-state index contributed by atoms with van der Waals surface area (Å²) in [6, 6.07) is 2.01. The lowest BCUT2D eigenvalue weighted by molar-refractivity contribution is 0.331. The van der Waals surface area contributed by atoms with Crippen LogP contribution in [0.1, 0.15) is 11.3 Å². The van der Waals surface area contributed by atoms with Crippen LogP contribution in [-0.4, -0.2) is 12.3 Å². The minimum Gasteiger partial charge on any atom is -0.479 e. The first-order chi connectivity index (χ1) is 5.29. The van der Waals surface area contributed by atoms with E-state index >= 15 is 0 Å². The molecule has 0 aromatic carbocycles. The third kappa shape index (κ3) is 1.32. The van der Waals surface area contributed by atoms with Gasteiger partial charge in [-0.05, 0) is 12.1 Å². The molecule has 1 rings (SSSR count). The number of nitrogens with zero attached hydrogens (tertiary/aromatic N) is 2. The molecule has 0 saturated heterocycles. The largest absolute Gasteiger partial charge is 0.479 e. The number of methoxy groups -OCH3 is 1. The first-order valence-electron chi connectivity index (χ1n) is 3.15. The third-order valence-electron chi connectivity index (χ3n) is 1.40. The molecule has 0 radical (unpaired) electrons. The smallest absolute Gasteiger partial charge is 0.258 e. The molecule has 0 spiro atoms. The van der Waals surface area contributed by atoms with Crippen LogP contribution in [-0.2, 0) is 6.42 Å². The lowest BCUT2D eigenvalue weighted by Gasteiger charge is -1.92. The lowest BCUT2D eigenvalue weighted by atomic mass is 10.2. The number of hydrogen-bond acceptors (Lipinski definition) is 4. The Morgan fingerprint density at radius 2 is 2.45 bits per heavy atom. The van der Waals surface area contributed by atoms with E-state index in [-0.39, 0.29) is 6.42 Å². The van der Waals surface area contributed by atoms with E-state index in [1.165, 1.54) is 7.11 Å². The van der Waals surface area contributed by atoms with Crippen molar-refractivity contribution in [1.29, 1.82) is 5.26 Å². The highest BCUT2D eigenvalue weighted by Crippen LogP contribution is 2.19. The van der Waals surface area contributed by atoms with Crippen LogP contribution < -0.4 is 4.74 Å². The normalized spacial score (nSPS) is 9.18. The van der Waals surface area contributed by atoms with Gasteiger partial charge in [-0.3, -0.25) is 0 Å². The summed E-state index contributed by atoms with van der Waals surface area (Å²) in [4.78, 5) is 0. The van der Waals surface area contributed by atoms with Gasteiger partial charge in [-0.1, -0.05) is 0 Å². The number of nitriles is 1. The summed E-state index contributed by atoms with van der Waals surface area (Å²) < 4.78 is 9.68. The van der Waals surface area contributed by atoms with E-state index in [1.807, 2.05) is 6.07 Å². The van der Waals surface area contributed by atoms with Crippen LogP contribution in [0.15, 0.2) is 4.52 Å². The molecule has 4 heteroatoms. The number of aromatic nitrogens is 1. The van der Waals surface area contributed by atoms with E-state index in [0.717, 1.165) is 5.56 Å². The van der Waals surface area contributed by atoms with E-state index in [2.05, 4.69) is 5.16 Å². The molecular weight excluding hydrogens is 144 g/mol. The second-order valence-electron chi connectivity index (χ2n) is 2.06. The minimum absolute atomic E-state index is 0.276. The van der Waals surface area contributed by atoms with Crippen LogP contribution in [0.4, 0.5) is 0 Å². The Bertz CT molecular complexity index is 285. The molecule has 0 aliphatic rings. The van der Waals surface area contributed by atoms with Gasteiger partial charge in [-0.15, -0.1) is 0 Å². The van der Waals surface area contributed by atoms with Crippen molar-refractivity contribution in [3.8, 4) is 11.9 Å². The molecular formula is C7H8N2O2. The quantitative estimate of drug-likeness (QED) is 0.635. The molecule has 0 saturated carbocycles. The van der Waals surface area contributed by atoms with Gasteiger partial charge < -0.3 is 9.26 Å². The second-order valence-corrected chi connectivity index (χ2v) is 2.06. The van der Waals surface area contributed by atoms with E-state index in [9.17, 15) is 0 Å². The summed E-state index contributed by atoms with van der Waals surface area (Å²) in [5, 5.41) is 12.0. The zero-order chi connectivity index (χ0) is 8.27. The van der Waals surface area contributed by atoms with Crippen molar-refractivity contribution in [1.82, 2.24) is 5.16 Å². The molecule has 0 atom stereocenters. The molecule has 0 N–H and O–H groups in total. The van der Waals surface area contributed by atoms with E-state index < -0.39 is 0 Å². The molecule has 0 fully saturated rings. The Morgan fingerprint density at radius 3 is 3.00 bits per heavy atom. The summed E-state index contributed by atoms with van der Waals surface area (Å²) in [7, 11) is 1.50. The Hall–Kier alpha value is -1.50. The molecule has 1 aromatic rings. The molecule has 1 heterocycles. The third-order valence-corrected chi connectivity index (χ3v) is 1.40. The Labute approximate surface area is 64.4 Å². The molecule has 0 aliphatic carbocycles. The standard InChI is InChI=1S/C7H8N2O2/c1-5-6(3-4-8)7(10-2)9-11-5/h3H2,1-2H3. The minimum atomic E-state index is 0.276. The van der Waals surface area contributed by atoms with Gasteiger partial charge in [-0.25, -0.2) is 0 Å². The van der Waals surface area contributed by atoms with Crippen molar-refractivity contribution in [2.45, 2.75) is 13.3 Å². The van der Waals surface area contributed by atoms with Gasteiger partial charge in [0, 0.05) is 0 Å². The van der Waals surface area contributed by atoms with Crippen molar-refractivity contribution in [3.05, 3.63) is 11.3 Å². The zero-order valence-electron chi connectivity index (χ0n) is 6.42. The van der Waals surface area contributed by atoms with Crippen molar-refractivity contribution >= 4 is 0 Å². The number of hydrogen-bond donors (Lipinski definition) is 0. The number of rotatable bonds is 2. The van der Waals surface area contributed by atoms with E-state index in [4.69, 9.17) is 14.5 Å². The zero-order valence-corrected chi connectivity index (χ0v) is 6.42. The van der Waals surface area contributed by atoms with Crippen LogP contribution in [0.2, 0.25) is 0 Å². The first-order valence-corrected chi connectivity index (χ1v) is 3.15. The molecule has 4 nitrogen and oxygen atoms in total. The predicted octanol–water partition coefficient (Wildman–Crippen LogP) is 1.06. The number of aryl methyl sites for hydroxylation is 1. The molecule has 0 bridgehead atoms. The second kappa shape index (κ2) is 3.06. The Morgan fingerprint density at radius 1 is 1.73 bits per heavy atom. The summed E-state index contributed by atoms with van der Waals surface area (Å²) >= 11 is 0. The fraction of sp³-hybridized carbons (Fsp3) is 0.429. The van der Waals surface area contributed by atoms with Crippen LogP contribution in [0, 0.1) is 18.3 Å². The van der Waals surface area contributed by atoms with Gasteiger partial charge in [0.25, 0.3) is 5.88 Å². The van der Waals surface area contributed by atoms with Gasteiger partial charge in [0.2, 0.25) is 0 Å². The maximum absolute atomic E-state index is 8.41. The van der Waals surface area contributed by atoms with Crippen LogP contribution in [0.5, 0.6) is 5.88 Å². The topological polar surface area (TPSA) is 59.1 Å². The van der Waals surface area contributed by atoms with Crippen molar-refractivity contribution in [2.75, 3.05) is 7.11 Å². The molecule has 0 unspecified atom stereocenters. The van der Waals surface area contributed by atoms with E-state index in [0.29, 0.717) is 11.6 Å². The van der Waals surface area contributed by atoms with Crippen LogP contribution in [0.3, 0.4) is 0 Å². The van der Waals surface area contributed by atoms with Crippen LogP contribution in [0.25, 0.3) is 0 Å². The average Bonchev–Trinajstić information content (AvgIpc) is 2.34. The predicted molar refractivity (Wildman–Crippen MR) is 37.1 cm³/mol. The highest BCUT2D eigenvalue weighted by molar-refractivity contribution is 5.29.